The molecule has 1 aromatic heterocycles. The van der Waals surface area contributed by atoms with Crippen molar-refractivity contribution in [1.29, 1.82) is 0 Å². The Morgan fingerprint density at radius 3 is 2.57 bits per heavy atom. The van der Waals surface area contributed by atoms with Gasteiger partial charge in [-0.3, -0.25) is 15.1 Å². The maximum Gasteiger partial charge on any atom is 0.409 e. The van der Waals surface area contributed by atoms with E-state index in [1.165, 1.54) is 13.3 Å². The number of ether oxygens (including phenoxy) is 2. The first-order valence-electron chi connectivity index (χ1n) is 11.4. The van der Waals surface area contributed by atoms with Gasteiger partial charge in [-0.2, -0.15) is 0 Å². The predicted octanol–water partition coefficient (Wildman–Crippen LogP) is 3.16. The molecule has 3 aromatic rings. The van der Waals surface area contributed by atoms with Gasteiger partial charge in [-0.1, -0.05) is 30.3 Å². The molecule has 1 atom stereocenters. The van der Waals surface area contributed by atoms with Crippen molar-refractivity contribution in [1.82, 2.24) is 15.6 Å². The highest BCUT2D eigenvalue weighted by Crippen LogP contribution is 2.42. The lowest BCUT2D eigenvalue weighted by atomic mass is 9.71. The molecule has 2 heterocycles. The van der Waals surface area contributed by atoms with Crippen molar-refractivity contribution in [3.8, 4) is 5.75 Å². The van der Waals surface area contributed by atoms with Crippen LogP contribution < -0.4 is 15.4 Å². The molecule has 4 rings (SSSR count). The number of hydrogen-bond donors (Lipinski definition) is 4. The van der Waals surface area contributed by atoms with E-state index in [-0.39, 0.29) is 13.0 Å². The highest BCUT2D eigenvalue weighted by molar-refractivity contribution is 5.85. The van der Waals surface area contributed by atoms with Gasteiger partial charge in [0.15, 0.2) is 5.72 Å². The zero-order valence-corrected chi connectivity index (χ0v) is 19.5. The topological polar surface area (TPSA) is 130 Å². The minimum absolute atomic E-state index is 0.00165. The van der Waals surface area contributed by atoms with Gasteiger partial charge in [0.25, 0.3) is 0 Å². The Balaban J connectivity index is 1.72. The SMILES string of the molecule is COc1ccc2nccc([C@](O)(CC3(C(=O)O)CCNCC3)NC(=O)OCc3ccccc3)c2c1. The first-order valence-corrected chi connectivity index (χ1v) is 11.4. The van der Waals surface area contributed by atoms with E-state index >= 15 is 0 Å². The van der Waals surface area contributed by atoms with Crippen LogP contribution in [0.3, 0.4) is 0 Å². The van der Waals surface area contributed by atoms with Crippen LogP contribution >= 0.6 is 0 Å². The maximum absolute atomic E-state index is 12.9. The number of amides is 1. The Hall–Kier alpha value is -3.69. The number of carboxylic acid groups (broad SMARTS) is 1. The number of hydrogen-bond acceptors (Lipinski definition) is 7. The Morgan fingerprint density at radius 2 is 1.89 bits per heavy atom. The van der Waals surface area contributed by atoms with Crippen molar-refractivity contribution in [2.24, 2.45) is 5.41 Å². The van der Waals surface area contributed by atoms with E-state index < -0.39 is 23.2 Å². The number of carboxylic acids is 1. The largest absolute Gasteiger partial charge is 0.497 e. The molecule has 1 aliphatic rings. The second-order valence-corrected chi connectivity index (χ2v) is 8.80. The van der Waals surface area contributed by atoms with Gasteiger partial charge in [0, 0.05) is 23.6 Å². The number of fused-ring (bicyclic) bond motifs is 1. The van der Waals surface area contributed by atoms with Crippen LogP contribution in [0.2, 0.25) is 0 Å². The van der Waals surface area contributed by atoms with E-state index in [0.29, 0.717) is 48.1 Å². The number of carbonyl (C=O) groups is 2. The highest BCUT2D eigenvalue weighted by Gasteiger charge is 2.48. The number of benzene rings is 2. The van der Waals surface area contributed by atoms with E-state index in [4.69, 9.17) is 9.47 Å². The Morgan fingerprint density at radius 1 is 1.14 bits per heavy atom. The number of carbonyl (C=O) groups excluding carboxylic acids is 1. The number of nitrogens with one attached hydrogen (secondary N) is 2. The third kappa shape index (κ3) is 5.36. The molecule has 9 heteroatoms. The Kier molecular flexibility index (Phi) is 7.18. The fourth-order valence-electron chi connectivity index (χ4n) is 4.61. The minimum Gasteiger partial charge on any atom is -0.497 e. The molecule has 0 saturated carbocycles. The predicted molar refractivity (Wildman–Crippen MR) is 129 cm³/mol. The van der Waals surface area contributed by atoms with Gasteiger partial charge in [0.1, 0.15) is 12.4 Å². The number of nitrogens with zero attached hydrogens (tertiary/aromatic N) is 1. The average molecular weight is 480 g/mol. The molecule has 184 valence electrons. The standard InChI is InChI=1S/C26H29N3O6/c1-34-19-7-8-22-20(15-19)21(9-12-28-22)26(33,17-25(23(30)31)10-13-27-14-11-25)29-24(32)35-16-18-5-3-2-4-6-18/h2-9,12,15,27,33H,10-11,13-14,16-17H2,1H3,(H,29,32)(H,30,31)/t26-/m1/s1. The summed E-state index contributed by atoms with van der Waals surface area (Å²) in [6.45, 7) is 0.985. The Bertz CT molecular complexity index is 1200. The molecular formula is C26H29N3O6. The monoisotopic (exact) mass is 479 g/mol. The van der Waals surface area contributed by atoms with E-state index in [0.717, 1.165) is 5.56 Å². The number of aliphatic carboxylic acids is 1. The van der Waals surface area contributed by atoms with Crippen molar-refractivity contribution >= 4 is 23.0 Å². The summed E-state index contributed by atoms with van der Waals surface area (Å²) in [4.78, 5) is 29.7. The second kappa shape index (κ2) is 10.3. The molecule has 0 bridgehead atoms. The fourth-order valence-corrected chi connectivity index (χ4v) is 4.61. The van der Waals surface area contributed by atoms with Gasteiger partial charge in [-0.25, -0.2) is 4.79 Å². The molecule has 0 spiro atoms. The average Bonchev–Trinajstić information content (AvgIpc) is 2.87. The van der Waals surface area contributed by atoms with E-state index in [1.54, 1.807) is 24.3 Å². The quantitative estimate of drug-likeness (QED) is 0.363. The van der Waals surface area contributed by atoms with Crippen LogP contribution in [-0.4, -0.2) is 47.5 Å². The number of pyridine rings is 1. The molecule has 1 aliphatic heterocycles. The minimum atomic E-state index is -2.04. The number of aromatic nitrogens is 1. The van der Waals surface area contributed by atoms with E-state index in [1.807, 2.05) is 30.3 Å². The molecule has 1 saturated heterocycles. The van der Waals surface area contributed by atoms with Crippen molar-refractivity contribution in [2.45, 2.75) is 31.6 Å². The number of rotatable bonds is 8. The first-order chi connectivity index (χ1) is 16.8. The molecule has 9 nitrogen and oxygen atoms in total. The van der Waals surface area contributed by atoms with Gasteiger partial charge in [-0.05, 0) is 55.8 Å². The molecule has 1 amide bonds. The van der Waals surface area contributed by atoms with Crippen LogP contribution in [0.1, 0.15) is 30.4 Å². The third-order valence-electron chi connectivity index (χ3n) is 6.52. The van der Waals surface area contributed by atoms with Crippen LogP contribution in [0.4, 0.5) is 4.79 Å². The molecule has 0 radical (unpaired) electrons. The van der Waals surface area contributed by atoms with Crippen molar-refractivity contribution in [3.63, 3.8) is 0 Å². The van der Waals surface area contributed by atoms with E-state index in [9.17, 15) is 19.8 Å². The van der Waals surface area contributed by atoms with Crippen molar-refractivity contribution < 1.29 is 29.3 Å². The van der Waals surface area contributed by atoms with Crippen molar-refractivity contribution in [2.75, 3.05) is 20.2 Å². The van der Waals surface area contributed by atoms with Crippen LogP contribution in [-0.2, 0) is 21.9 Å². The molecule has 1 fully saturated rings. The lowest BCUT2D eigenvalue weighted by Gasteiger charge is -2.41. The zero-order valence-electron chi connectivity index (χ0n) is 19.5. The van der Waals surface area contributed by atoms with Gasteiger partial charge in [-0.15, -0.1) is 0 Å². The summed E-state index contributed by atoms with van der Waals surface area (Å²) < 4.78 is 10.7. The summed E-state index contributed by atoms with van der Waals surface area (Å²) in [7, 11) is 1.52. The molecular weight excluding hydrogens is 450 g/mol. The first kappa shape index (κ1) is 24.4. The van der Waals surface area contributed by atoms with Gasteiger partial charge < -0.3 is 25.0 Å². The number of methoxy groups -OCH3 is 1. The smallest absolute Gasteiger partial charge is 0.409 e. The van der Waals surface area contributed by atoms with Crippen LogP contribution in [0.15, 0.2) is 60.8 Å². The molecule has 2 aromatic carbocycles. The lowest BCUT2D eigenvalue weighted by Crippen LogP contribution is -2.53. The summed E-state index contributed by atoms with van der Waals surface area (Å²) in [6, 6.07) is 15.9. The lowest BCUT2D eigenvalue weighted by molar-refractivity contribution is -0.157. The summed E-state index contributed by atoms with van der Waals surface area (Å²) >= 11 is 0. The van der Waals surface area contributed by atoms with Gasteiger partial charge in [0.2, 0.25) is 0 Å². The highest BCUT2D eigenvalue weighted by atomic mass is 16.6. The molecule has 0 unspecified atom stereocenters. The number of piperidine rings is 1. The second-order valence-electron chi connectivity index (χ2n) is 8.80. The van der Waals surface area contributed by atoms with Crippen LogP contribution in [0.5, 0.6) is 5.75 Å². The summed E-state index contributed by atoms with van der Waals surface area (Å²) in [6.07, 6.45) is 1.02. The normalized spacial score (nSPS) is 16.7. The molecule has 35 heavy (non-hydrogen) atoms. The fraction of sp³-hybridized carbons (Fsp3) is 0.346. The van der Waals surface area contributed by atoms with Crippen LogP contribution in [0, 0.1) is 5.41 Å². The summed E-state index contributed by atoms with van der Waals surface area (Å²) in [5, 5.41) is 28.5. The maximum atomic E-state index is 12.9. The zero-order chi connectivity index (χ0) is 24.9. The summed E-state index contributed by atoms with van der Waals surface area (Å²) in [5.41, 5.74) is -1.63. The van der Waals surface area contributed by atoms with E-state index in [2.05, 4.69) is 15.6 Å². The van der Waals surface area contributed by atoms with Gasteiger partial charge >= 0.3 is 12.1 Å². The number of alkyl carbamates (subject to hydrolysis) is 1. The van der Waals surface area contributed by atoms with Crippen LogP contribution in [0.25, 0.3) is 10.9 Å². The van der Waals surface area contributed by atoms with Crippen molar-refractivity contribution in [3.05, 3.63) is 71.9 Å². The molecule has 4 N–H and O–H groups in total. The number of aliphatic hydroxyl groups is 1. The Labute approximate surface area is 203 Å². The summed E-state index contributed by atoms with van der Waals surface area (Å²) in [5.74, 6) is -0.483. The van der Waals surface area contributed by atoms with Gasteiger partial charge in [0.05, 0.1) is 18.0 Å². The third-order valence-corrected chi connectivity index (χ3v) is 6.52. The molecule has 0 aliphatic carbocycles.